The summed E-state index contributed by atoms with van der Waals surface area (Å²) in [4.78, 5) is 18.7. The molecule has 1 saturated heterocycles. The molecular weight excluding hydrogens is 335 g/mol. The van der Waals surface area contributed by atoms with Crippen LogP contribution < -0.4 is 10.2 Å². The second-order valence-corrected chi connectivity index (χ2v) is 6.31. The Kier molecular flexibility index (Phi) is 7.04. The number of pyridine rings is 1. The number of ether oxygens (including phenoxy) is 1. The molecule has 1 fully saturated rings. The van der Waals surface area contributed by atoms with Crippen LogP contribution in [0, 0.1) is 0 Å². The number of carbonyl (C=O) groups excluding carboxylic acids is 1. The molecule has 0 unspecified atom stereocenters. The lowest BCUT2D eigenvalue weighted by molar-refractivity contribution is -0.174. The summed E-state index contributed by atoms with van der Waals surface area (Å²) in [5, 5.41) is 2.61. The first kappa shape index (κ1) is 19.5. The van der Waals surface area contributed by atoms with E-state index >= 15 is 0 Å². The number of alkyl halides is 3. The van der Waals surface area contributed by atoms with Gasteiger partial charge >= 0.3 is 6.18 Å². The van der Waals surface area contributed by atoms with E-state index in [0.717, 1.165) is 31.7 Å². The van der Waals surface area contributed by atoms with Gasteiger partial charge in [-0.1, -0.05) is 12.8 Å². The first-order valence-electron chi connectivity index (χ1n) is 8.51. The third-order valence-corrected chi connectivity index (χ3v) is 3.95. The molecule has 1 amide bonds. The second-order valence-electron chi connectivity index (χ2n) is 6.31. The van der Waals surface area contributed by atoms with Crippen molar-refractivity contribution in [1.82, 2.24) is 10.3 Å². The van der Waals surface area contributed by atoms with Crippen LogP contribution in [0.25, 0.3) is 0 Å². The summed E-state index contributed by atoms with van der Waals surface area (Å²) >= 11 is 0. The quantitative estimate of drug-likeness (QED) is 0.848. The van der Waals surface area contributed by atoms with Gasteiger partial charge in [-0.15, -0.1) is 0 Å². The van der Waals surface area contributed by atoms with Crippen molar-refractivity contribution < 1.29 is 22.7 Å². The van der Waals surface area contributed by atoms with Crippen LogP contribution in [0.5, 0.6) is 0 Å². The molecule has 2 heterocycles. The number of nitrogens with one attached hydrogen (secondary N) is 1. The standard InChI is InChI=1S/C17H24F3N3O2/c1-13(11-25-12-17(18,19)20)22-16(24)14-6-7-15(21-10-14)23-8-4-2-3-5-9-23/h6-7,10,13H,2-5,8-9,11-12H2,1H3,(H,22,24)/t13-/m1/s1. The van der Waals surface area contributed by atoms with Crippen molar-refractivity contribution in [2.24, 2.45) is 0 Å². The van der Waals surface area contributed by atoms with Gasteiger partial charge in [-0.3, -0.25) is 4.79 Å². The largest absolute Gasteiger partial charge is 0.411 e. The number of aromatic nitrogens is 1. The molecule has 2 rings (SSSR count). The average molecular weight is 359 g/mol. The van der Waals surface area contributed by atoms with Crippen LogP contribution in [0.2, 0.25) is 0 Å². The van der Waals surface area contributed by atoms with Gasteiger partial charge in [-0.2, -0.15) is 13.2 Å². The molecule has 0 aromatic carbocycles. The Hall–Kier alpha value is -1.83. The van der Waals surface area contributed by atoms with Gasteiger partial charge < -0.3 is 15.0 Å². The summed E-state index contributed by atoms with van der Waals surface area (Å²) in [7, 11) is 0. The maximum absolute atomic E-state index is 12.1. The minimum Gasteiger partial charge on any atom is -0.370 e. The van der Waals surface area contributed by atoms with E-state index in [1.807, 2.05) is 6.07 Å². The fourth-order valence-corrected chi connectivity index (χ4v) is 2.71. The molecule has 0 spiro atoms. The summed E-state index contributed by atoms with van der Waals surface area (Å²) in [5.74, 6) is 0.470. The van der Waals surface area contributed by atoms with E-state index in [1.54, 1.807) is 13.0 Å². The number of hydrogen-bond acceptors (Lipinski definition) is 4. The Morgan fingerprint density at radius 1 is 1.28 bits per heavy atom. The van der Waals surface area contributed by atoms with Gasteiger partial charge in [0.15, 0.2) is 0 Å². The van der Waals surface area contributed by atoms with Crippen LogP contribution in [0.4, 0.5) is 19.0 Å². The van der Waals surface area contributed by atoms with E-state index in [1.165, 1.54) is 19.0 Å². The topological polar surface area (TPSA) is 54.5 Å². The Balaban J connectivity index is 1.83. The summed E-state index contributed by atoms with van der Waals surface area (Å²) in [6.45, 7) is 2.00. The number of anilines is 1. The molecule has 1 aromatic rings. The third-order valence-electron chi connectivity index (χ3n) is 3.95. The number of rotatable bonds is 6. The summed E-state index contributed by atoms with van der Waals surface area (Å²) in [6, 6.07) is 2.97. The lowest BCUT2D eigenvalue weighted by Crippen LogP contribution is -2.37. The van der Waals surface area contributed by atoms with Gasteiger partial charge in [-0.25, -0.2) is 4.98 Å². The first-order chi connectivity index (χ1) is 11.8. The van der Waals surface area contributed by atoms with Crippen LogP contribution in [-0.2, 0) is 4.74 Å². The molecule has 0 bridgehead atoms. The highest BCUT2D eigenvalue weighted by Crippen LogP contribution is 2.17. The summed E-state index contributed by atoms with van der Waals surface area (Å²) in [5.41, 5.74) is 0.376. The van der Waals surface area contributed by atoms with E-state index in [0.29, 0.717) is 5.56 Å². The zero-order valence-corrected chi connectivity index (χ0v) is 14.3. The molecule has 1 aromatic heterocycles. The number of halogens is 3. The van der Waals surface area contributed by atoms with Crippen LogP contribution in [-0.4, -0.2) is 49.4 Å². The molecule has 1 N–H and O–H groups in total. The summed E-state index contributed by atoms with van der Waals surface area (Å²) < 4.78 is 40.6. The smallest absolute Gasteiger partial charge is 0.370 e. The van der Waals surface area contributed by atoms with Crippen molar-refractivity contribution in [3.05, 3.63) is 23.9 Å². The Morgan fingerprint density at radius 2 is 1.96 bits per heavy atom. The Labute approximate surface area is 145 Å². The maximum atomic E-state index is 12.1. The molecule has 0 radical (unpaired) electrons. The fraction of sp³-hybridized carbons (Fsp3) is 0.647. The van der Waals surface area contributed by atoms with Crippen molar-refractivity contribution in [3.63, 3.8) is 0 Å². The molecule has 8 heteroatoms. The van der Waals surface area contributed by atoms with Crippen molar-refractivity contribution in [3.8, 4) is 0 Å². The third kappa shape index (κ3) is 6.89. The minimum atomic E-state index is -4.36. The highest BCUT2D eigenvalue weighted by molar-refractivity contribution is 5.94. The molecule has 1 atom stereocenters. The van der Waals surface area contributed by atoms with Crippen molar-refractivity contribution in [2.45, 2.75) is 44.8 Å². The number of hydrogen-bond donors (Lipinski definition) is 1. The summed E-state index contributed by atoms with van der Waals surface area (Å²) in [6.07, 6.45) is 1.87. The second kappa shape index (κ2) is 9.03. The SMILES string of the molecule is C[C@H](COCC(F)(F)F)NC(=O)c1ccc(N2CCCCCC2)nc1. The van der Waals surface area contributed by atoms with E-state index in [4.69, 9.17) is 0 Å². The van der Waals surface area contributed by atoms with E-state index in [9.17, 15) is 18.0 Å². The van der Waals surface area contributed by atoms with Gasteiger partial charge in [-0.05, 0) is 31.9 Å². The van der Waals surface area contributed by atoms with Crippen LogP contribution in [0.3, 0.4) is 0 Å². The molecule has 140 valence electrons. The molecular formula is C17H24F3N3O2. The normalized spacial score (nSPS) is 17.0. The van der Waals surface area contributed by atoms with Gasteiger partial charge in [0.1, 0.15) is 12.4 Å². The molecule has 0 aliphatic carbocycles. The molecule has 25 heavy (non-hydrogen) atoms. The highest BCUT2D eigenvalue weighted by Gasteiger charge is 2.27. The number of nitrogens with zero attached hydrogens (tertiary/aromatic N) is 2. The predicted octanol–water partition coefficient (Wildman–Crippen LogP) is 3.16. The number of carbonyl (C=O) groups is 1. The molecule has 1 aliphatic rings. The van der Waals surface area contributed by atoms with Crippen molar-refractivity contribution >= 4 is 11.7 Å². The van der Waals surface area contributed by atoms with Crippen molar-refractivity contribution in [1.29, 1.82) is 0 Å². The molecule has 1 aliphatic heterocycles. The Morgan fingerprint density at radius 3 is 2.52 bits per heavy atom. The van der Waals surface area contributed by atoms with Gasteiger partial charge in [0.05, 0.1) is 12.2 Å². The highest BCUT2D eigenvalue weighted by atomic mass is 19.4. The monoisotopic (exact) mass is 359 g/mol. The predicted molar refractivity (Wildman–Crippen MR) is 88.7 cm³/mol. The van der Waals surface area contributed by atoms with E-state index < -0.39 is 18.8 Å². The minimum absolute atomic E-state index is 0.204. The fourth-order valence-electron chi connectivity index (χ4n) is 2.71. The first-order valence-corrected chi connectivity index (χ1v) is 8.51. The number of amides is 1. The Bertz CT molecular complexity index is 541. The van der Waals surface area contributed by atoms with E-state index in [2.05, 4.69) is 19.9 Å². The average Bonchev–Trinajstić information content (AvgIpc) is 2.83. The zero-order valence-electron chi connectivity index (χ0n) is 14.3. The van der Waals surface area contributed by atoms with E-state index in [-0.39, 0.29) is 12.5 Å². The van der Waals surface area contributed by atoms with Gasteiger partial charge in [0.25, 0.3) is 5.91 Å². The van der Waals surface area contributed by atoms with Crippen molar-refractivity contribution in [2.75, 3.05) is 31.2 Å². The van der Waals surface area contributed by atoms with Gasteiger partial charge in [0.2, 0.25) is 0 Å². The van der Waals surface area contributed by atoms with Crippen LogP contribution in [0.1, 0.15) is 43.0 Å². The zero-order chi connectivity index (χ0) is 18.3. The lowest BCUT2D eigenvalue weighted by atomic mass is 10.2. The maximum Gasteiger partial charge on any atom is 0.411 e. The molecule has 0 saturated carbocycles. The van der Waals surface area contributed by atoms with Gasteiger partial charge in [0, 0.05) is 25.3 Å². The van der Waals surface area contributed by atoms with Crippen LogP contribution >= 0.6 is 0 Å². The lowest BCUT2D eigenvalue weighted by Gasteiger charge is -2.21. The molecule has 5 nitrogen and oxygen atoms in total. The van der Waals surface area contributed by atoms with Crippen LogP contribution in [0.15, 0.2) is 18.3 Å².